The topological polar surface area (TPSA) is 94.1 Å². The van der Waals surface area contributed by atoms with Crippen LogP contribution in [-0.4, -0.2) is 37.1 Å². The fourth-order valence-electron chi connectivity index (χ4n) is 3.02. The molecule has 0 aliphatic carbocycles. The maximum Gasteiger partial charge on any atom is 0.262 e. The first-order valence-electron chi connectivity index (χ1n) is 10.3. The largest absolute Gasteiger partial charge is 0.508 e. The number of amides is 1. The van der Waals surface area contributed by atoms with Gasteiger partial charge in [0.1, 0.15) is 11.5 Å². The van der Waals surface area contributed by atoms with Crippen LogP contribution in [0, 0.1) is 0 Å². The molecule has 0 atom stereocenters. The van der Waals surface area contributed by atoms with Crippen LogP contribution in [0.4, 0.5) is 5.69 Å². The molecule has 0 unspecified atom stereocenters. The molecule has 0 heterocycles. The first-order valence-corrected chi connectivity index (χ1v) is 10.3. The van der Waals surface area contributed by atoms with Crippen molar-refractivity contribution >= 4 is 23.5 Å². The monoisotopic (exact) mass is 447 g/mol. The summed E-state index contributed by atoms with van der Waals surface area (Å²) >= 11 is 0. The first kappa shape index (κ1) is 23.4. The maximum absolute atomic E-state index is 12.3. The zero-order chi connectivity index (χ0) is 23.6. The van der Waals surface area contributed by atoms with E-state index in [1.807, 2.05) is 13.0 Å². The van der Waals surface area contributed by atoms with Gasteiger partial charge in [-0.3, -0.25) is 9.59 Å². The van der Waals surface area contributed by atoms with E-state index in [1.165, 1.54) is 25.3 Å². The van der Waals surface area contributed by atoms with Crippen LogP contribution in [0.5, 0.6) is 23.0 Å². The van der Waals surface area contributed by atoms with E-state index in [-0.39, 0.29) is 24.0 Å². The summed E-state index contributed by atoms with van der Waals surface area (Å²) in [5.41, 5.74) is 1.66. The molecule has 3 rings (SSSR count). The van der Waals surface area contributed by atoms with Gasteiger partial charge < -0.3 is 24.6 Å². The van der Waals surface area contributed by atoms with Crippen molar-refractivity contribution in [2.45, 2.75) is 6.92 Å². The Morgan fingerprint density at radius 1 is 0.939 bits per heavy atom. The van der Waals surface area contributed by atoms with Gasteiger partial charge in [0.25, 0.3) is 5.91 Å². The van der Waals surface area contributed by atoms with Crippen LogP contribution in [0.2, 0.25) is 0 Å². The van der Waals surface area contributed by atoms with Crippen LogP contribution >= 0.6 is 0 Å². The van der Waals surface area contributed by atoms with Gasteiger partial charge in [0.05, 0.1) is 19.4 Å². The SMILES string of the molecule is CCOc1cc(/C=C/C(=O)c2cccc(O)c2)ccc1OCC(=O)Nc1ccccc1OC. The van der Waals surface area contributed by atoms with E-state index in [4.69, 9.17) is 14.2 Å². The molecule has 7 heteroatoms. The highest BCUT2D eigenvalue weighted by Crippen LogP contribution is 2.29. The summed E-state index contributed by atoms with van der Waals surface area (Å²) in [6, 6.07) is 18.4. The van der Waals surface area contributed by atoms with E-state index in [9.17, 15) is 14.7 Å². The molecule has 0 aliphatic heterocycles. The van der Waals surface area contributed by atoms with Gasteiger partial charge in [-0.15, -0.1) is 0 Å². The molecule has 0 aliphatic rings. The molecule has 170 valence electrons. The van der Waals surface area contributed by atoms with Crippen LogP contribution in [0.1, 0.15) is 22.8 Å². The van der Waals surface area contributed by atoms with Crippen molar-refractivity contribution in [3.05, 3.63) is 83.9 Å². The van der Waals surface area contributed by atoms with E-state index >= 15 is 0 Å². The molecule has 3 aromatic carbocycles. The molecule has 0 saturated heterocycles. The fourth-order valence-corrected chi connectivity index (χ4v) is 3.02. The molecule has 1 amide bonds. The van der Waals surface area contributed by atoms with Crippen molar-refractivity contribution in [2.24, 2.45) is 0 Å². The van der Waals surface area contributed by atoms with Crippen LogP contribution < -0.4 is 19.5 Å². The molecule has 7 nitrogen and oxygen atoms in total. The predicted octanol–water partition coefficient (Wildman–Crippen LogP) is 4.71. The van der Waals surface area contributed by atoms with Crippen molar-refractivity contribution in [3.8, 4) is 23.0 Å². The summed E-state index contributed by atoms with van der Waals surface area (Å²) in [5, 5.41) is 12.3. The summed E-state index contributed by atoms with van der Waals surface area (Å²) < 4.78 is 16.5. The lowest BCUT2D eigenvalue weighted by molar-refractivity contribution is -0.118. The van der Waals surface area contributed by atoms with E-state index in [1.54, 1.807) is 54.6 Å². The number of phenolic OH excluding ortho intramolecular Hbond substituents is 1. The number of benzene rings is 3. The average molecular weight is 447 g/mol. The van der Waals surface area contributed by atoms with Crippen molar-refractivity contribution in [1.29, 1.82) is 0 Å². The molecular formula is C26H25NO6. The second-order valence-corrected chi connectivity index (χ2v) is 6.92. The first-order chi connectivity index (χ1) is 16.0. The molecule has 0 radical (unpaired) electrons. The van der Waals surface area contributed by atoms with Crippen molar-refractivity contribution < 1.29 is 28.9 Å². The Bertz CT molecular complexity index is 1160. The van der Waals surface area contributed by atoms with Crippen molar-refractivity contribution in [2.75, 3.05) is 25.6 Å². The van der Waals surface area contributed by atoms with Gasteiger partial charge in [-0.05, 0) is 55.0 Å². The summed E-state index contributed by atoms with van der Waals surface area (Å²) in [6.45, 7) is 2.02. The Labute approximate surface area is 192 Å². The number of carbonyl (C=O) groups excluding carboxylic acids is 2. The van der Waals surface area contributed by atoms with Crippen LogP contribution in [0.15, 0.2) is 72.8 Å². The number of ketones is 1. The number of phenols is 1. The van der Waals surface area contributed by atoms with E-state index < -0.39 is 0 Å². The summed E-state index contributed by atoms with van der Waals surface area (Å²) in [4.78, 5) is 24.6. The maximum atomic E-state index is 12.3. The number of anilines is 1. The van der Waals surface area contributed by atoms with Gasteiger partial charge in [0.15, 0.2) is 23.9 Å². The minimum Gasteiger partial charge on any atom is -0.508 e. The van der Waals surface area contributed by atoms with Gasteiger partial charge in [0, 0.05) is 5.56 Å². The number of hydrogen-bond donors (Lipinski definition) is 2. The highest BCUT2D eigenvalue weighted by Gasteiger charge is 2.11. The Balaban J connectivity index is 1.66. The summed E-state index contributed by atoms with van der Waals surface area (Å²) in [6.07, 6.45) is 3.06. The molecule has 33 heavy (non-hydrogen) atoms. The Kier molecular flexibility index (Phi) is 8.07. The van der Waals surface area contributed by atoms with E-state index in [0.717, 1.165) is 5.56 Å². The molecular weight excluding hydrogens is 422 g/mol. The van der Waals surface area contributed by atoms with E-state index in [0.29, 0.717) is 35.1 Å². The average Bonchev–Trinajstić information content (AvgIpc) is 2.82. The lowest BCUT2D eigenvalue weighted by Crippen LogP contribution is -2.20. The van der Waals surface area contributed by atoms with Crippen LogP contribution in [-0.2, 0) is 4.79 Å². The fraction of sp³-hybridized carbons (Fsp3) is 0.154. The molecule has 0 fully saturated rings. The minimum atomic E-state index is -0.345. The van der Waals surface area contributed by atoms with Crippen molar-refractivity contribution in [3.63, 3.8) is 0 Å². The molecule has 0 aromatic heterocycles. The Morgan fingerprint density at radius 3 is 2.52 bits per heavy atom. The third kappa shape index (κ3) is 6.61. The summed E-state index contributed by atoms with van der Waals surface area (Å²) in [5.74, 6) is 0.860. The van der Waals surface area contributed by atoms with Gasteiger partial charge in [-0.2, -0.15) is 0 Å². The van der Waals surface area contributed by atoms with Gasteiger partial charge in [0.2, 0.25) is 0 Å². The second kappa shape index (κ2) is 11.4. The minimum absolute atomic E-state index is 0.0316. The third-order valence-corrected chi connectivity index (χ3v) is 4.57. The normalized spacial score (nSPS) is 10.6. The molecule has 2 N–H and O–H groups in total. The number of allylic oxidation sites excluding steroid dienone is 1. The van der Waals surface area contributed by atoms with Gasteiger partial charge in [-0.1, -0.05) is 36.4 Å². The number of hydrogen-bond acceptors (Lipinski definition) is 6. The number of methoxy groups -OCH3 is 1. The zero-order valence-electron chi connectivity index (χ0n) is 18.4. The van der Waals surface area contributed by atoms with E-state index in [2.05, 4.69) is 5.32 Å². The standard InChI is InChI=1S/C26H25NO6/c1-3-32-25-15-18(11-13-22(29)19-7-6-8-20(28)16-19)12-14-24(25)33-17-26(30)27-21-9-4-5-10-23(21)31-2/h4-16,28H,3,17H2,1-2H3,(H,27,30)/b13-11+. The van der Waals surface area contributed by atoms with Gasteiger partial charge >= 0.3 is 0 Å². The lowest BCUT2D eigenvalue weighted by atomic mass is 10.1. The summed E-state index contributed by atoms with van der Waals surface area (Å²) in [7, 11) is 1.53. The van der Waals surface area contributed by atoms with Crippen LogP contribution in [0.25, 0.3) is 6.08 Å². The predicted molar refractivity (Wildman–Crippen MR) is 126 cm³/mol. The van der Waals surface area contributed by atoms with Crippen molar-refractivity contribution in [1.82, 2.24) is 0 Å². The smallest absolute Gasteiger partial charge is 0.262 e. The molecule has 3 aromatic rings. The quantitative estimate of drug-likeness (QED) is 0.345. The number of nitrogens with one attached hydrogen (secondary N) is 1. The number of aromatic hydroxyl groups is 1. The van der Waals surface area contributed by atoms with Gasteiger partial charge in [-0.25, -0.2) is 0 Å². The number of para-hydroxylation sites is 2. The number of ether oxygens (including phenoxy) is 3. The Morgan fingerprint density at radius 2 is 1.76 bits per heavy atom. The lowest BCUT2D eigenvalue weighted by Gasteiger charge is -2.13. The molecule has 0 saturated carbocycles. The number of carbonyl (C=O) groups is 2. The molecule has 0 bridgehead atoms. The number of rotatable bonds is 10. The zero-order valence-corrected chi connectivity index (χ0v) is 18.4. The highest BCUT2D eigenvalue weighted by molar-refractivity contribution is 6.07. The Hall–Kier alpha value is -4.26. The second-order valence-electron chi connectivity index (χ2n) is 6.92. The third-order valence-electron chi connectivity index (χ3n) is 4.57. The van der Waals surface area contributed by atoms with Crippen LogP contribution in [0.3, 0.4) is 0 Å². The highest BCUT2D eigenvalue weighted by atomic mass is 16.5. The molecule has 0 spiro atoms.